The molecule has 5 nitrogen and oxygen atoms in total. The number of hydrogen-bond acceptors (Lipinski definition) is 5. The molecule has 2 aliphatic rings. The Labute approximate surface area is 144 Å². The van der Waals surface area contributed by atoms with Gasteiger partial charge in [-0.3, -0.25) is 9.69 Å². The molecule has 2 heterocycles. The molecule has 0 spiro atoms. The Morgan fingerprint density at radius 2 is 2.29 bits per heavy atom. The zero-order valence-corrected chi connectivity index (χ0v) is 14.0. The van der Waals surface area contributed by atoms with Gasteiger partial charge in [-0.15, -0.1) is 11.8 Å². The third-order valence-corrected chi connectivity index (χ3v) is 5.64. The smallest absolute Gasteiger partial charge is 0.238 e. The molecule has 24 heavy (non-hydrogen) atoms. The second kappa shape index (κ2) is 6.63. The van der Waals surface area contributed by atoms with Crippen molar-refractivity contribution in [1.29, 1.82) is 0 Å². The number of thioether (sulfide) groups is 1. The fraction of sp³-hybridized carbons (Fsp3) is 0.389. The lowest BCUT2D eigenvalue weighted by Crippen LogP contribution is -2.35. The van der Waals surface area contributed by atoms with Crippen LogP contribution in [0.5, 0.6) is 0 Å². The molecule has 2 atom stereocenters. The third kappa shape index (κ3) is 2.97. The lowest BCUT2D eigenvalue weighted by molar-refractivity contribution is -0.116. The molecule has 1 saturated heterocycles. The molecule has 1 N–H and O–H groups in total. The lowest BCUT2D eigenvalue weighted by Gasteiger charge is -2.24. The van der Waals surface area contributed by atoms with E-state index >= 15 is 0 Å². The summed E-state index contributed by atoms with van der Waals surface area (Å²) in [6.45, 7) is 0.860. The van der Waals surface area contributed by atoms with Crippen LogP contribution in [-0.2, 0) is 22.6 Å². The van der Waals surface area contributed by atoms with E-state index < -0.39 is 0 Å². The van der Waals surface area contributed by atoms with Crippen LogP contribution in [0.1, 0.15) is 29.4 Å². The second-order valence-corrected chi connectivity index (χ2v) is 7.23. The van der Waals surface area contributed by atoms with Crippen molar-refractivity contribution in [2.45, 2.75) is 30.9 Å². The third-order valence-electron chi connectivity index (χ3n) is 4.49. The number of aliphatic hydroxyl groups is 1. The number of amides is 1. The zero-order chi connectivity index (χ0) is 16.5. The molecule has 1 aromatic heterocycles. The molecule has 1 aliphatic heterocycles. The number of aliphatic hydroxyl groups excluding tert-OH is 1. The number of anilines is 1. The van der Waals surface area contributed by atoms with Gasteiger partial charge in [0.25, 0.3) is 0 Å². The van der Waals surface area contributed by atoms with E-state index in [1.807, 2.05) is 35.2 Å². The van der Waals surface area contributed by atoms with Crippen LogP contribution in [0.25, 0.3) is 0 Å². The highest BCUT2D eigenvalue weighted by molar-refractivity contribution is 8.01. The van der Waals surface area contributed by atoms with Gasteiger partial charge < -0.3 is 14.3 Å². The van der Waals surface area contributed by atoms with E-state index in [9.17, 15) is 9.90 Å². The maximum absolute atomic E-state index is 12.3. The minimum absolute atomic E-state index is 0.0307. The Balaban J connectivity index is 1.47. The van der Waals surface area contributed by atoms with Crippen LogP contribution < -0.4 is 4.90 Å². The zero-order valence-electron chi connectivity index (χ0n) is 13.2. The van der Waals surface area contributed by atoms with Gasteiger partial charge in [0.2, 0.25) is 5.91 Å². The predicted octanol–water partition coefficient (Wildman–Crippen LogP) is 2.88. The molecule has 1 amide bonds. The SMILES string of the molecule is O=C1CSC(COCc2ccco2)N1c1ccc2c(c1)CCC2O. The van der Waals surface area contributed by atoms with E-state index in [4.69, 9.17) is 9.15 Å². The normalized spacial score (nSPS) is 23.0. The Hall–Kier alpha value is -1.76. The molecule has 6 heteroatoms. The fourth-order valence-corrected chi connectivity index (χ4v) is 4.35. The fourth-order valence-electron chi connectivity index (χ4n) is 3.29. The maximum atomic E-state index is 12.3. The first-order chi connectivity index (χ1) is 11.7. The number of carbonyl (C=O) groups excluding carboxylic acids is 1. The highest BCUT2D eigenvalue weighted by Gasteiger charge is 2.34. The number of nitrogens with zero attached hydrogens (tertiary/aromatic N) is 1. The minimum Gasteiger partial charge on any atom is -0.467 e. The number of furan rings is 1. The molecule has 126 valence electrons. The van der Waals surface area contributed by atoms with Gasteiger partial charge in [0.1, 0.15) is 17.7 Å². The van der Waals surface area contributed by atoms with Gasteiger partial charge in [-0.05, 0) is 48.2 Å². The summed E-state index contributed by atoms with van der Waals surface area (Å²) < 4.78 is 11.0. The molecule has 2 aromatic rings. The predicted molar refractivity (Wildman–Crippen MR) is 91.8 cm³/mol. The molecule has 0 radical (unpaired) electrons. The summed E-state index contributed by atoms with van der Waals surface area (Å²) in [5.41, 5.74) is 3.02. The average molecular weight is 345 g/mol. The van der Waals surface area contributed by atoms with Crippen LogP contribution >= 0.6 is 11.8 Å². The Morgan fingerprint density at radius 1 is 1.38 bits per heavy atom. The molecular weight excluding hydrogens is 326 g/mol. The summed E-state index contributed by atoms with van der Waals surface area (Å²) >= 11 is 1.60. The number of rotatable bonds is 5. The number of aryl methyl sites for hydroxylation is 1. The van der Waals surface area contributed by atoms with Crippen molar-refractivity contribution in [2.24, 2.45) is 0 Å². The first-order valence-corrected chi connectivity index (χ1v) is 9.12. The summed E-state index contributed by atoms with van der Waals surface area (Å²) in [7, 11) is 0. The van der Waals surface area contributed by atoms with E-state index in [0.29, 0.717) is 19.0 Å². The van der Waals surface area contributed by atoms with Gasteiger partial charge in [-0.1, -0.05) is 6.07 Å². The van der Waals surface area contributed by atoms with E-state index in [1.54, 1.807) is 18.0 Å². The molecule has 0 saturated carbocycles. The summed E-state index contributed by atoms with van der Waals surface area (Å²) in [5, 5.41) is 9.90. The van der Waals surface area contributed by atoms with Crippen LogP contribution in [0.3, 0.4) is 0 Å². The second-order valence-electron chi connectivity index (χ2n) is 6.06. The maximum Gasteiger partial charge on any atom is 0.238 e. The highest BCUT2D eigenvalue weighted by Crippen LogP contribution is 2.37. The molecule has 4 rings (SSSR count). The van der Waals surface area contributed by atoms with E-state index in [1.165, 1.54) is 0 Å². The van der Waals surface area contributed by atoms with Crippen LogP contribution in [-0.4, -0.2) is 28.7 Å². The Kier molecular flexibility index (Phi) is 4.35. The summed E-state index contributed by atoms with van der Waals surface area (Å²) in [6.07, 6.45) is 2.87. The molecule has 0 bridgehead atoms. The van der Waals surface area contributed by atoms with Crippen LogP contribution in [0.4, 0.5) is 5.69 Å². The van der Waals surface area contributed by atoms with E-state index in [-0.39, 0.29) is 17.4 Å². The first kappa shape index (κ1) is 15.7. The van der Waals surface area contributed by atoms with Crippen molar-refractivity contribution in [3.05, 3.63) is 53.5 Å². The van der Waals surface area contributed by atoms with Crippen molar-refractivity contribution < 1.29 is 19.1 Å². The van der Waals surface area contributed by atoms with Gasteiger partial charge in [-0.25, -0.2) is 0 Å². The van der Waals surface area contributed by atoms with Crippen molar-refractivity contribution in [3.8, 4) is 0 Å². The first-order valence-electron chi connectivity index (χ1n) is 8.07. The monoisotopic (exact) mass is 345 g/mol. The highest BCUT2D eigenvalue weighted by atomic mass is 32.2. The quantitative estimate of drug-likeness (QED) is 0.903. The molecule has 1 aliphatic carbocycles. The summed E-state index contributed by atoms with van der Waals surface area (Å²) in [6, 6.07) is 9.61. The topological polar surface area (TPSA) is 62.9 Å². The van der Waals surface area contributed by atoms with Crippen LogP contribution in [0.15, 0.2) is 41.0 Å². The summed E-state index contributed by atoms with van der Waals surface area (Å²) in [4.78, 5) is 14.1. The largest absolute Gasteiger partial charge is 0.467 e. The lowest BCUT2D eigenvalue weighted by atomic mass is 10.1. The van der Waals surface area contributed by atoms with Gasteiger partial charge in [-0.2, -0.15) is 0 Å². The van der Waals surface area contributed by atoms with Crippen molar-refractivity contribution >= 4 is 23.4 Å². The number of carbonyl (C=O) groups is 1. The number of ether oxygens (including phenoxy) is 1. The molecule has 1 aromatic carbocycles. The van der Waals surface area contributed by atoms with Crippen molar-refractivity contribution in [2.75, 3.05) is 17.3 Å². The summed E-state index contributed by atoms with van der Waals surface area (Å²) in [5.74, 6) is 1.35. The molecule has 1 fully saturated rings. The minimum atomic E-state index is -0.370. The number of hydrogen-bond donors (Lipinski definition) is 1. The average Bonchev–Trinajstić information content (AvgIpc) is 3.30. The number of fused-ring (bicyclic) bond motifs is 1. The van der Waals surface area contributed by atoms with E-state index in [2.05, 4.69) is 0 Å². The van der Waals surface area contributed by atoms with Crippen molar-refractivity contribution in [3.63, 3.8) is 0 Å². The number of benzene rings is 1. The van der Waals surface area contributed by atoms with E-state index in [0.717, 1.165) is 35.4 Å². The van der Waals surface area contributed by atoms with Gasteiger partial charge in [0.15, 0.2) is 0 Å². The Morgan fingerprint density at radius 3 is 3.12 bits per heavy atom. The van der Waals surface area contributed by atoms with Crippen molar-refractivity contribution in [1.82, 2.24) is 0 Å². The Bertz CT molecular complexity index is 731. The van der Waals surface area contributed by atoms with Gasteiger partial charge >= 0.3 is 0 Å². The standard InChI is InChI=1S/C18H19NO4S/c20-16-6-3-12-8-13(4-5-15(12)16)19-17(21)11-24-18(19)10-22-9-14-2-1-7-23-14/h1-2,4-5,7-8,16,18,20H,3,6,9-11H2. The van der Waals surface area contributed by atoms with Gasteiger partial charge in [0.05, 0.1) is 24.7 Å². The molecule has 2 unspecified atom stereocenters. The van der Waals surface area contributed by atoms with Gasteiger partial charge in [0, 0.05) is 5.69 Å². The van der Waals surface area contributed by atoms with Crippen LogP contribution in [0, 0.1) is 0 Å². The molecular formula is C18H19NO4S. The van der Waals surface area contributed by atoms with Crippen LogP contribution in [0.2, 0.25) is 0 Å².